The number of hydrogen-bond acceptors (Lipinski definition) is 3. The van der Waals surface area contributed by atoms with Crippen LogP contribution in [-0.2, 0) is 5.41 Å². The molecule has 3 heteroatoms. The van der Waals surface area contributed by atoms with Gasteiger partial charge in [-0.2, -0.15) is 0 Å². The minimum absolute atomic E-state index is 0.553. The molecule has 0 unspecified atom stereocenters. The molecule has 13 aromatic rings. The van der Waals surface area contributed by atoms with Crippen molar-refractivity contribution in [3.8, 4) is 33.4 Å². The van der Waals surface area contributed by atoms with E-state index in [9.17, 15) is 0 Å². The summed E-state index contributed by atoms with van der Waals surface area (Å²) in [6, 6.07) is 91.1. The number of thiophene rings is 1. The van der Waals surface area contributed by atoms with Gasteiger partial charge >= 0.3 is 0 Å². The van der Waals surface area contributed by atoms with Crippen LogP contribution in [0.3, 0.4) is 0 Å². The van der Waals surface area contributed by atoms with E-state index in [0.717, 1.165) is 44.6 Å². The Balaban J connectivity index is 1.06. The second-order valence-electron chi connectivity index (χ2n) is 17.9. The molecule has 2 heterocycles. The SMILES string of the molecule is c1ccc(-c2ccc(N(c3ccc4c(c3)C(c3ccccc3)(c3ccccc3)c3ccccc3-4)c3cccc4oc5c(-c6cccc7c6sc6ccccc67)c6ccccc6cc5c34)cc2)cc1. The average Bonchev–Trinajstić information content (AvgIpc) is 4.08. The van der Waals surface area contributed by atoms with E-state index >= 15 is 0 Å². The van der Waals surface area contributed by atoms with Gasteiger partial charge in [-0.25, -0.2) is 0 Å². The molecule has 1 aliphatic rings. The van der Waals surface area contributed by atoms with Crippen LogP contribution < -0.4 is 4.90 Å². The lowest BCUT2D eigenvalue weighted by Crippen LogP contribution is -2.28. The Morgan fingerprint density at radius 1 is 0.397 bits per heavy atom. The normalized spacial score (nSPS) is 12.8. The fourth-order valence-corrected chi connectivity index (χ4v) is 12.7. The third kappa shape index (κ3) is 5.70. The first-order chi connectivity index (χ1) is 33.7. The third-order valence-corrected chi connectivity index (χ3v) is 15.6. The summed E-state index contributed by atoms with van der Waals surface area (Å²) in [7, 11) is 0. The first kappa shape index (κ1) is 38.7. The minimum atomic E-state index is -0.553. The Bertz CT molecular complexity index is 4040. The molecule has 1 aliphatic carbocycles. The van der Waals surface area contributed by atoms with E-state index in [1.807, 2.05) is 11.3 Å². The zero-order valence-electron chi connectivity index (χ0n) is 36.9. The predicted octanol–water partition coefficient (Wildman–Crippen LogP) is 18.3. The number of hydrogen-bond donors (Lipinski definition) is 0. The topological polar surface area (TPSA) is 16.4 Å². The molecule has 0 aliphatic heterocycles. The van der Waals surface area contributed by atoms with Gasteiger partial charge in [0, 0.05) is 48.1 Å². The summed E-state index contributed by atoms with van der Waals surface area (Å²) >= 11 is 1.86. The third-order valence-electron chi connectivity index (χ3n) is 14.3. The van der Waals surface area contributed by atoms with Gasteiger partial charge in [0.2, 0.25) is 0 Å². The molecular weight excluding hydrogens is 843 g/mol. The molecule has 0 bridgehead atoms. The second-order valence-corrected chi connectivity index (χ2v) is 18.9. The second kappa shape index (κ2) is 15.3. The van der Waals surface area contributed by atoms with Crippen LogP contribution in [0.1, 0.15) is 22.3 Å². The lowest BCUT2D eigenvalue weighted by Gasteiger charge is -2.35. The van der Waals surface area contributed by atoms with Crippen molar-refractivity contribution < 1.29 is 4.42 Å². The molecule has 0 N–H and O–H groups in total. The molecule has 0 spiro atoms. The Morgan fingerprint density at radius 2 is 1.00 bits per heavy atom. The number of rotatable bonds is 7. The van der Waals surface area contributed by atoms with E-state index in [0.29, 0.717) is 0 Å². The van der Waals surface area contributed by atoms with Crippen LogP contribution in [0.25, 0.3) is 86.3 Å². The molecule has 68 heavy (non-hydrogen) atoms. The summed E-state index contributed by atoms with van der Waals surface area (Å²) in [4.78, 5) is 2.46. The first-order valence-corrected chi connectivity index (χ1v) is 24.1. The molecular formula is C65H41NOS. The highest BCUT2D eigenvalue weighted by Gasteiger charge is 2.46. The number of nitrogens with zero attached hydrogens (tertiary/aromatic N) is 1. The van der Waals surface area contributed by atoms with Crippen LogP contribution in [0.2, 0.25) is 0 Å². The van der Waals surface area contributed by atoms with Crippen molar-refractivity contribution in [3.05, 3.63) is 271 Å². The van der Waals surface area contributed by atoms with Crippen molar-refractivity contribution >= 4 is 81.3 Å². The quantitative estimate of drug-likeness (QED) is 0.159. The Hall–Kier alpha value is -8.50. The van der Waals surface area contributed by atoms with Crippen LogP contribution >= 0.6 is 11.3 Å². The molecule has 14 rings (SSSR count). The maximum absolute atomic E-state index is 7.25. The fraction of sp³-hybridized carbons (Fsp3) is 0.0154. The molecule has 0 atom stereocenters. The van der Waals surface area contributed by atoms with E-state index < -0.39 is 5.41 Å². The Morgan fingerprint density at radius 3 is 1.79 bits per heavy atom. The molecule has 11 aromatic carbocycles. The number of anilines is 3. The van der Waals surface area contributed by atoms with Crippen LogP contribution in [0.15, 0.2) is 253 Å². The van der Waals surface area contributed by atoms with Crippen molar-refractivity contribution in [1.82, 2.24) is 0 Å². The monoisotopic (exact) mass is 883 g/mol. The highest BCUT2D eigenvalue weighted by atomic mass is 32.1. The summed E-state index contributed by atoms with van der Waals surface area (Å²) in [6.45, 7) is 0. The van der Waals surface area contributed by atoms with Crippen LogP contribution in [0.5, 0.6) is 0 Å². The standard InChI is InChI=1S/C65H41NOS/c1-4-18-42(19-5-1)43-34-36-47(37-35-43)66(48-38-39-51-50-26-12-14-30-56(50)65(57(51)41-48,45-21-6-2-7-22-45)46-23-8-3-9-24-46)58-31-17-32-59-62(58)55-40-44-20-10-11-25-49(44)61(63(55)67-59)54-29-16-28-53-52-27-13-15-33-60(52)68-64(53)54/h1-41H. The van der Waals surface area contributed by atoms with Crippen molar-refractivity contribution in [2.24, 2.45) is 0 Å². The van der Waals surface area contributed by atoms with Crippen molar-refractivity contribution in [3.63, 3.8) is 0 Å². The van der Waals surface area contributed by atoms with Crippen LogP contribution in [-0.4, -0.2) is 0 Å². The molecule has 0 radical (unpaired) electrons. The summed E-state index contributed by atoms with van der Waals surface area (Å²) in [5.74, 6) is 0. The zero-order chi connectivity index (χ0) is 44.8. The maximum atomic E-state index is 7.25. The van der Waals surface area contributed by atoms with Crippen molar-refractivity contribution in [2.75, 3.05) is 4.90 Å². The van der Waals surface area contributed by atoms with E-state index in [1.54, 1.807) is 0 Å². The smallest absolute Gasteiger partial charge is 0.144 e. The summed E-state index contributed by atoms with van der Waals surface area (Å²) in [5, 5.41) is 7.07. The number of furan rings is 1. The molecule has 0 saturated heterocycles. The van der Waals surface area contributed by atoms with Gasteiger partial charge in [-0.3, -0.25) is 0 Å². The molecule has 0 fully saturated rings. The van der Waals surface area contributed by atoms with Crippen LogP contribution in [0, 0.1) is 0 Å². The van der Waals surface area contributed by atoms with Gasteiger partial charge in [0.15, 0.2) is 0 Å². The molecule has 0 amide bonds. The highest BCUT2D eigenvalue weighted by Crippen LogP contribution is 2.58. The number of benzene rings is 11. The van der Waals surface area contributed by atoms with Gasteiger partial charge in [-0.1, -0.05) is 200 Å². The molecule has 2 nitrogen and oxygen atoms in total. The van der Waals surface area contributed by atoms with Gasteiger partial charge in [0.1, 0.15) is 11.2 Å². The molecule has 2 aromatic heterocycles. The average molecular weight is 884 g/mol. The number of fused-ring (bicyclic) bond motifs is 10. The van der Waals surface area contributed by atoms with E-state index in [2.05, 4.69) is 254 Å². The summed E-state index contributed by atoms with van der Waals surface area (Å²) < 4.78 is 9.81. The lowest BCUT2D eigenvalue weighted by atomic mass is 9.67. The lowest BCUT2D eigenvalue weighted by molar-refractivity contribution is 0.670. The van der Waals surface area contributed by atoms with Crippen molar-refractivity contribution in [1.29, 1.82) is 0 Å². The fourth-order valence-electron chi connectivity index (χ4n) is 11.4. The maximum Gasteiger partial charge on any atom is 0.144 e. The first-order valence-electron chi connectivity index (χ1n) is 23.3. The van der Waals surface area contributed by atoms with Gasteiger partial charge in [0.25, 0.3) is 0 Å². The highest BCUT2D eigenvalue weighted by molar-refractivity contribution is 7.26. The summed E-state index contributed by atoms with van der Waals surface area (Å²) in [6.07, 6.45) is 0. The van der Waals surface area contributed by atoms with Gasteiger partial charge in [-0.05, 0) is 104 Å². The van der Waals surface area contributed by atoms with Gasteiger partial charge < -0.3 is 9.32 Å². The Labute approximate surface area is 398 Å². The zero-order valence-corrected chi connectivity index (χ0v) is 37.8. The van der Waals surface area contributed by atoms with E-state index in [-0.39, 0.29) is 0 Å². The minimum Gasteiger partial charge on any atom is -0.455 e. The predicted molar refractivity (Wildman–Crippen MR) is 287 cm³/mol. The van der Waals surface area contributed by atoms with Crippen molar-refractivity contribution in [2.45, 2.75) is 5.41 Å². The molecule has 0 saturated carbocycles. The van der Waals surface area contributed by atoms with E-state index in [4.69, 9.17) is 4.42 Å². The Kier molecular flexibility index (Phi) is 8.71. The summed E-state index contributed by atoms with van der Waals surface area (Å²) in [5.41, 5.74) is 16.6. The van der Waals surface area contributed by atoms with E-state index in [1.165, 1.54) is 81.0 Å². The molecule has 318 valence electrons. The van der Waals surface area contributed by atoms with Gasteiger partial charge in [0.05, 0.1) is 16.5 Å². The van der Waals surface area contributed by atoms with Gasteiger partial charge in [-0.15, -0.1) is 11.3 Å². The largest absolute Gasteiger partial charge is 0.455 e. The van der Waals surface area contributed by atoms with Crippen LogP contribution in [0.4, 0.5) is 17.1 Å².